The summed E-state index contributed by atoms with van der Waals surface area (Å²) >= 11 is 1.30. The van der Waals surface area contributed by atoms with Crippen molar-refractivity contribution < 1.29 is 23.9 Å². The van der Waals surface area contributed by atoms with Crippen LogP contribution in [-0.4, -0.2) is 31.1 Å². The molecule has 3 rings (SSSR count). The highest BCUT2D eigenvalue weighted by atomic mass is 32.1. The average molecular weight is 416 g/mol. The quantitative estimate of drug-likeness (QED) is 0.611. The van der Waals surface area contributed by atoms with E-state index in [0.717, 1.165) is 24.0 Å². The highest BCUT2D eigenvalue weighted by molar-refractivity contribution is 7.15. The van der Waals surface area contributed by atoms with Crippen molar-refractivity contribution in [3.05, 3.63) is 52.4 Å². The van der Waals surface area contributed by atoms with Crippen LogP contribution in [0.4, 0.5) is 5.00 Å². The second-order valence-electron chi connectivity index (χ2n) is 6.92. The summed E-state index contributed by atoms with van der Waals surface area (Å²) in [6, 6.07) is 9.34. The number of amides is 1. The predicted molar refractivity (Wildman–Crippen MR) is 111 cm³/mol. The van der Waals surface area contributed by atoms with E-state index >= 15 is 0 Å². The molecule has 1 heterocycles. The van der Waals surface area contributed by atoms with Gasteiger partial charge in [-0.1, -0.05) is 37.3 Å². The molecule has 1 fully saturated rings. The van der Waals surface area contributed by atoms with E-state index in [1.165, 1.54) is 11.3 Å². The molecule has 6 nitrogen and oxygen atoms in total. The summed E-state index contributed by atoms with van der Waals surface area (Å²) in [6.45, 7) is 3.51. The van der Waals surface area contributed by atoms with Gasteiger partial charge in [0.25, 0.3) is 5.91 Å². The number of rotatable bonds is 9. The number of anilines is 1. The maximum Gasteiger partial charge on any atom is 0.341 e. The van der Waals surface area contributed by atoms with Crippen molar-refractivity contribution in [2.24, 2.45) is 0 Å². The summed E-state index contributed by atoms with van der Waals surface area (Å²) in [7, 11) is 0. The minimum atomic E-state index is -0.476. The minimum absolute atomic E-state index is 0.266. The first kappa shape index (κ1) is 21.0. The number of carbonyl (C=O) groups is 3. The molecule has 1 amide bonds. The van der Waals surface area contributed by atoms with Gasteiger partial charge in [-0.25, -0.2) is 4.79 Å². The predicted octanol–water partition coefficient (Wildman–Crippen LogP) is 4.48. The van der Waals surface area contributed by atoms with Crippen molar-refractivity contribution in [3.63, 3.8) is 0 Å². The Bertz CT molecular complexity index is 873. The van der Waals surface area contributed by atoms with Crippen molar-refractivity contribution in [3.8, 4) is 0 Å². The first-order valence-electron chi connectivity index (χ1n) is 9.85. The van der Waals surface area contributed by atoms with Gasteiger partial charge in [-0.05, 0) is 48.6 Å². The van der Waals surface area contributed by atoms with Gasteiger partial charge in [0, 0.05) is 0 Å². The minimum Gasteiger partial charge on any atom is -0.462 e. The number of nitrogens with one attached hydrogen (secondary N) is 1. The summed E-state index contributed by atoms with van der Waals surface area (Å²) in [5.41, 5.74) is 2.21. The Hall–Kier alpha value is -2.67. The molecule has 154 valence electrons. The van der Waals surface area contributed by atoms with Gasteiger partial charge >= 0.3 is 11.9 Å². The average Bonchev–Trinajstić information content (AvgIpc) is 3.48. The van der Waals surface area contributed by atoms with Crippen LogP contribution in [0.5, 0.6) is 0 Å². The lowest BCUT2D eigenvalue weighted by Gasteiger charge is -2.14. The van der Waals surface area contributed by atoms with Gasteiger partial charge in [-0.15, -0.1) is 11.3 Å². The largest absolute Gasteiger partial charge is 0.462 e. The Morgan fingerprint density at radius 2 is 1.86 bits per heavy atom. The molecule has 1 aliphatic rings. The molecule has 1 atom stereocenters. The molecule has 7 heteroatoms. The molecule has 1 N–H and O–H groups in total. The van der Waals surface area contributed by atoms with Crippen LogP contribution in [0.25, 0.3) is 0 Å². The number of esters is 2. The van der Waals surface area contributed by atoms with Crippen LogP contribution in [0.3, 0.4) is 0 Å². The molecule has 1 saturated carbocycles. The summed E-state index contributed by atoms with van der Waals surface area (Å²) < 4.78 is 10.4. The van der Waals surface area contributed by atoms with Gasteiger partial charge in [-0.2, -0.15) is 0 Å². The summed E-state index contributed by atoms with van der Waals surface area (Å²) in [6.07, 6.45) is 2.64. The second kappa shape index (κ2) is 9.69. The second-order valence-corrected chi connectivity index (χ2v) is 7.80. The van der Waals surface area contributed by atoms with Crippen LogP contribution in [0.2, 0.25) is 0 Å². The Labute approximate surface area is 174 Å². The van der Waals surface area contributed by atoms with E-state index in [1.807, 2.05) is 42.6 Å². The van der Waals surface area contributed by atoms with Crippen LogP contribution in [0.15, 0.2) is 35.7 Å². The molecular weight excluding hydrogens is 390 g/mol. The Balaban J connectivity index is 1.62. The number of benzene rings is 1. The summed E-state index contributed by atoms with van der Waals surface area (Å²) in [4.78, 5) is 37.1. The smallest absolute Gasteiger partial charge is 0.341 e. The summed E-state index contributed by atoms with van der Waals surface area (Å²) in [5, 5.41) is 5.05. The van der Waals surface area contributed by atoms with Gasteiger partial charge in [-0.3, -0.25) is 9.59 Å². The van der Waals surface area contributed by atoms with E-state index in [-0.39, 0.29) is 6.61 Å². The van der Waals surface area contributed by atoms with Gasteiger partial charge in [0.1, 0.15) is 5.00 Å². The third-order valence-corrected chi connectivity index (χ3v) is 5.72. The van der Waals surface area contributed by atoms with Crippen LogP contribution in [-0.2, 0) is 19.1 Å². The number of hydrogen-bond acceptors (Lipinski definition) is 6. The van der Waals surface area contributed by atoms with Gasteiger partial charge in [0.05, 0.1) is 18.1 Å². The molecule has 29 heavy (non-hydrogen) atoms. The first-order chi connectivity index (χ1) is 14.0. The van der Waals surface area contributed by atoms with Crippen molar-refractivity contribution in [1.29, 1.82) is 0 Å². The maximum absolute atomic E-state index is 12.4. The first-order valence-corrected chi connectivity index (χ1v) is 10.7. The number of carbonyl (C=O) groups excluding carboxylic acids is 3. The van der Waals surface area contributed by atoms with Crippen molar-refractivity contribution in [2.45, 2.75) is 44.9 Å². The molecule has 0 unspecified atom stereocenters. The van der Waals surface area contributed by atoms with E-state index in [1.54, 1.807) is 6.92 Å². The van der Waals surface area contributed by atoms with Crippen LogP contribution < -0.4 is 5.32 Å². The van der Waals surface area contributed by atoms with Crippen LogP contribution >= 0.6 is 11.3 Å². The molecule has 1 aromatic carbocycles. The van der Waals surface area contributed by atoms with Crippen molar-refractivity contribution in [1.82, 2.24) is 0 Å². The van der Waals surface area contributed by atoms with Crippen molar-refractivity contribution >= 4 is 34.2 Å². The SMILES string of the molecule is CCOC(=O)c1c(C2CC2)csc1NC(=O)COC(=O)[C@H](CC)c1ccccc1. The topological polar surface area (TPSA) is 81.7 Å². The molecule has 1 aliphatic carbocycles. The van der Waals surface area contributed by atoms with Crippen LogP contribution in [0, 0.1) is 0 Å². The number of ether oxygens (including phenoxy) is 2. The standard InChI is InChI=1S/C22H25NO5S/c1-3-16(14-8-6-5-7-9-14)21(25)28-12-18(24)23-20-19(22(26)27-4-2)17(13-29-20)15-10-11-15/h5-9,13,15-16H,3-4,10-12H2,1-2H3,(H,23,24)/t16-/m1/s1. The fraction of sp³-hybridized carbons (Fsp3) is 0.409. The number of thiophene rings is 1. The van der Waals surface area contributed by atoms with Gasteiger partial charge < -0.3 is 14.8 Å². The zero-order valence-corrected chi connectivity index (χ0v) is 17.4. The maximum atomic E-state index is 12.4. The van der Waals surface area contributed by atoms with E-state index in [4.69, 9.17) is 9.47 Å². The van der Waals surface area contributed by atoms with Crippen molar-refractivity contribution in [2.75, 3.05) is 18.5 Å². The molecule has 0 aliphatic heterocycles. The molecule has 1 aromatic heterocycles. The molecule has 0 radical (unpaired) electrons. The fourth-order valence-electron chi connectivity index (χ4n) is 3.20. The Morgan fingerprint density at radius 1 is 1.14 bits per heavy atom. The zero-order valence-electron chi connectivity index (χ0n) is 16.6. The van der Waals surface area contributed by atoms with E-state index < -0.39 is 30.4 Å². The highest BCUT2D eigenvalue weighted by Gasteiger charge is 2.32. The normalized spacial score (nSPS) is 14.1. The fourth-order valence-corrected chi connectivity index (χ4v) is 4.24. The molecule has 0 spiro atoms. The zero-order chi connectivity index (χ0) is 20.8. The molecule has 0 saturated heterocycles. The van der Waals surface area contributed by atoms with Gasteiger partial charge in [0.2, 0.25) is 0 Å². The Kier molecular flexibility index (Phi) is 7.04. The van der Waals surface area contributed by atoms with E-state index in [0.29, 0.717) is 22.9 Å². The molecule has 2 aromatic rings. The van der Waals surface area contributed by atoms with Crippen LogP contribution in [0.1, 0.15) is 66.4 Å². The third-order valence-electron chi connectivity index (χ3n) is 4.81. The van der Waals surface area contributed by atoms with E-state index in [2.05, 4.69) is 5.32 Å². The highest BCUT2D eigenvalue weighted by Crippen LogP contribution is 2.46. The molecular formula is C22H25NO5S. The van der Waals surface area contributed by atoms with E-state index in [9.17, 15) is 14.4 Å². The lowest BCUT2D eigenvalue weighted by molar-refractivity contribution is -0.149. The third kappa shape index (κ3) is 5.23. The lowest BCUT2D eigenvalue weighted by Crippen LogP contribution is -2.24. The number of hydrogen-bond donors (Lipinski definition) is 1. The lowest BCUT2D eigenvalue weighted by atomic mass is 9.97. The Morgan fingerprint density at radius 3 is 2.48 bits per heavy atom. The monoisotopic (exact) mass is 415 g/mol. The summed E-state index contributed by atoms with van der Waals surface area (Å²) in [5.74, 6) is -1.41. The van der Waals surface area contributed by atoms with Gasteiger partial charge in [0.15, 0.2) is 6.61 Å². The molecule has 0 bridgehead atoms.